The van der Waals surface area contributed by atoms with Gasteiger partial charge in [-0.3, -0.25) is 4.79 Å². The van der Waals surface area contributed by atoms with Crippen LogP contribution in [-0.4, -0.2) is 5.78 Å². The van der Waals surface area contributed by atoms with Crippen LogP contribution in [0.5, 0.6) is 0 Å². The number of unbranched alkanes of at least 4 members (excludes halogenated alkanes) is 5. The number of ketones is 1. The third kappa shape index (κ3) is 9.71. The van der Waals surface area contributed by atoms with Crippen LogP contribution in [-0.2, 0) is 4.79 Å². The molecule has 0 aliphatic heterocycles. The van der Waals surface area contributed by atoms with Gasteiger partial charge in [0.15, 0.2) is 5.78 Å². The fraction of sp³-hybridized carbons (Fsp3) is 0.786. The maximum absolute atomic E-state index is 11.1. The smallest absolute Gasteiger partial charge is 0.155 e. The first kappa shape index (κ1) is 14.4. The van der Waals surface area contributed by atoms with E-state index in [4.69, 9.17) is 0 Å². The van der Waals surface area contributed by atoms with Gasteiger partial charge < -0.3 is 0 Å². The van der Waals surface area contributed by atoms with Gasteiger partial charge in [0.05, 0.1) is 0 Å². The van der Waals surface area contributed by atoms with Crippen LogP contribution in [0.4, 0.5) is 0 Å². The highest BCUT2D eigenvalue weighted by Gasteiger charge is 1.96. The summed E-state index contributed by atoms with van der Waals surface area (Å²) in [5.41, 5.74) is 1.25. The highest BCUT2D eigenvalue weighted by molar-refractivity contribution is 5.89. The van der Waals surface area contributed by atoms with Gasteiger partial charge in [0.2, 0.25) is 0 Å². The molecule has 0 aromatic carbocycles. The average Bonchev–Trinajstić information content (AvgIpc) is 2.23. The van der Waals surface area contributed by atoms with Gasteiger partial charge in [0, 0.05) is 6.42 Å². The SMILES string of the molecule is CCCCCCCCC(C)=CC(=O)CC. The fourth-order valence-electron chi connectivity index (χ4n) is 1.63. The van der Waals surface area contributed by atoms with Crippen molar-refractivity contribution in [3.63, 3.8) is 0 Å². The minimum Gasteiger partial charge on any atom is -0.295 e. The maximum Gasteiger partial charge on any atom is 0.155 e. The Labute approximate surface area is 95.0 Å². The van der Waals surface area contributed by atoms with E-state index in [1.807, 2.05) is 13.0 Å². The summed E-state index contributed by atoms with van der Waals surface area (Å²) in [6.07, 6.45) is 11.5. The first-order valence-electron chi connectivity index (χ1n) is 6.40. The van der Waals surface area contributed by atoms with E-state index in [1.165, 1.54) is 44.1 Å². The lowest BCUT2D eigenvalue weighted by Crippen LogP contribution is -1.91. The van der Waals surface area contributed by atoms with Crippen molar-refractivity contribution in [3.05, 3.63) is 11.6 Å². The third-order valence-electron chi connectivity index (χ3n) is 2.68. The van der Waals surface area contributed by atoms with E-state index in [2.05, 4.69) is 13.8 Å². The second-order valence-electron chi connectivity index (χ2n) is 4.33. The molecule has 0 aliphatic rings. The van der Waals surface area contributed by atoms with Gasteiger partial charge in [0.25, 0.3) is 0 Å². The van der Waals surface area contributed by atoms with Crippen molar-refractivity contribution in [2.24, 2.45) is 0 Å². The maximum atomic E-state index is 11.1. The predicted molar refractivity (Wildman–Crippen MR) is 67.0 cm³/mol. The molecule has 0 aromatic heterocycles. The number of rotatable bonds is 9. The molecule has 1 nitrogen and oxygen atoms in total. The number of carbonyl (C=O) groups excluding carboxylic acids is 1. The first-order chi connectivity index (χ1) is 7.20. The lowest BCUT2D eigenvalue weighted by atomic mass is 10.0. The fourth-order valence-corrected chi connectivity index (χ4v) is 1.63. The molecule has 0 saturated heterocycles. The molecule has 0 aromatic rings. The Kier molecular flexibility index (Phi) is 9.55. The van der Waals surface area contributed by atoms with E-state index < -0.39 is 0 Å². The van der Waals surface area contributed by atoms with Crippen LogP contribution in [0.15, 0.2) is 11.6 Å². The van der Waals surface area contributed by atoms with E-state index in [0.717, 1.165) is 6.42 Å². The molecule has 88 valence electrons. The molecular formula is C14H26O. The minimum absolute atomic E-state index is 0.262. The van der Waals surface area contributed by atoms with Gasteiger partial charge in [-0.15, -0.1) is 0 Å². The van der Waals surface area contributed by atoms with E-state index in [9.17, 15) is 4.79 Å². The Hall–Kier alpha value is -0.590. The van der Waals surface area contributed by atoms with Crippen LogP contribution < -0.4 is 0 Å². The Morgan fingerprint density at radius 1 is 1.00 bits per heavy atom. The molecule has 0 rings (SSSR count). The molecule has 0 amide bonds. The summed E-state index contributed by atoms with van der Waals surface area (Å²) in [5.74, 6) is 0.262. The molecule has 0 spiro atoms. The first-order valence-corrected chi connectivity index (χ1v) is 6.40. The molecule has 0 fully saturated rings. The lowest BCUT2D eigenvalue weighted by Gasteiger charge is -2.01. The summed E-state index contributed by atoms with van der Waals surface area (Å²) in [4.78, 5) is 11.1. The predicted octanol–water partition coefficient (Wildman–Crippen LogP) is 4.66. The van der Waals surface area contributed by atoms with Crippen LogP contribution in [0.3, 0.4) is 0 Å². The standard InChI is InChI=1S/C14H26O/c1-4-6-7-8-9-10-11-13(3)12-14(15)5-2/h12H,4-11H2,1-3H3. The van der Waals surface area contributed by atoms with E-state index >= 15 is 0 Å². The number of carbonyl (C=O) groups is 1. The van der Waals surface area contributed by atoms with Crippen molar-refractivity contribution in [3.8, 4) is 0 Å². The molecule has 0 heterocycles. The molecule has 0 aliphatic carbocycles. The van der Waals surface area contributed by atoms with E-state index in [-0.39, 0.29) is 5.78 Å². The van der Waals surface area contributed by atoms with Gasteiger partial charge in [-0.25, -0.2) is 0 Å². The van der Waals surface area contributed by atoms with Crippen molar-refractivity contribution in [2.75, 3.05) is 0 Å². The van der Waals surface area contributed by atoms with Crippen molar-refractivity contribution >= 4 is 5.78 Å². The molecule has 0 radical (unpaired) electrons. The molecule has 0 unspecified atom stereocenters. The highest BCUT2D eigenvalue weighted by Crippen LogP contribution is 2.11. The average molecular weight is 210 g/mol. The van der Waals surface area contributed by atoms with Crippen LogP contribution in [0.25, 0.3) is 0 Å². The molecule has 0 saturated carbocycles. The van der Waals surface area contributed by atoms with Gasteiger partial charge in [0.1, 0.15) is 0 Å². The number of allylic oxidation sites excluding steroid dienone is 2. The quantitative estimate of drug-likeness (QED) is 0.399. The van der Waals surface area contributed by atoms with Crippen LogP contribution in [0.2, 0.25) is 0 Å². The zero-order chi connectivity index (χ0) is 11.5. The Bertz CT molecular complexity index is 192. The molecule has 0 bridgehead atoms. The summed E-state index contributed by atoms with van der Waals surface area (Å²) in [7, 11) is 0. The molecule has 1 heteroatoms. The second kappa shape index (κ2) is 9.95. The van der Waals surface area contributed by atoms with Gasteiger partial charge in [-0.2, -0.15) is 0 Å². The number of hydrogen-bond donors (Lipinski definition) is 0. The second-order valence-corrected chi connectivity index (χ2v) is 4.33. The minimum atomic E-state index is 0.262. The monoisotopic (exact) mass is 210 g/mol. The van der Waals surface area contributed by atoms with Crippen molar-refractivity contribution in [2.45, 2.75) is 72.1 Å². The Balaban J connectivity index is 3.42. The van der Waals surface area contributed by atoms with E-state index in [0.29, 0.717) is 6.42 Å². The zero-order valence-corrected chi connectivity index (χ0v) is 10.6. The van der Waals surface area contributed by atoms with Gasteiger partial charge >= 0.3 is 0 Å². The molecule has 0 atom stereocenters. The van der Waals surface area contributed by atoms with E-state index in [1.54, 1.807) is 0 Å². The number of hydrogen-bond acceptors (Lipinski definition) is 1. The summed E-state index contributed by atoms with van der Waals surface area (Å²) in [5, 5.41) is 0. The lowest BCUT2D eigenvalue weighted by molar-refractivity contribution is -0.114. The largest absolute Gasteiger partial charge is 0.295 e. The Morgan fingerprint density at radius 2 is 1.60 bits per heavy atom. The van der Waals surface area contributed by atoms with Crippen LogP contribution >= 0.6 is 0 Å². The van der Waals surface area contributed by atoms with Gasteiger partial charge in [-0.1, -0.05) is 51.5 Å². The normalized spacial score (nSPS) is 11.8. The summed E-state index contributed by atoms with van der Waals surface area (Å²) >= 11 is 0. The molecular weight excluding hydrogens is 184 g/mol. The molecule has 0 N–H and O–H groups in total. The topological polar surface area (TPSA) is 17.1 Å². The van der Waals surface area contributed by atoms with Crippen LogP contribution in [0.1, 0.15) is 72.1 Å². The zero-order valence-electron chi connectivity index (χ0n) is 10.6. The van der Waals surface area contributed by atoms with Crippen molar-refractivity contribution in [1.82, 2.24) is 0 Å². The van der Waals surface area contributed by atoms with Gasteiger partial charge in [-0.05, 0) is 25.8 Å². The molecule has 15 heavy (non-hydrogen) atoms. The summed E-state index contributed by atoms with van der Waals surface area (Å²) in [6, 6.07) is 0. The third-order valence-corrected chi connectivity index (χ3v) is 2.68. The van der Waals surface area contributed by atoms with Crippen LogP contribution in [0, 0.1) is 0 Å². The summed E-state index contributed by atoms with van der Waals surface area (Å²) in [6.45, 7) is 6.22. The summed E-state index contributed by atoms with van der Waals surface area (Å²) < 4.78 is 0. The highest BCUT2D eigenvalue weighted by atomic mass is 16.1. The van der Waals surface area contributed by atoms with Crippen molar-refractivity contribution < 1.29 is 4.79 Å². The Morgan fingerprint density at radius 3 is 2.20 bits per heavy atom. The van der Waals surface area contributed by atoms with Crippen molar-refractivity contribution in [1.29, 1.82) is 0 Å².